The molecule has 1 heterocycles. The van der Waals surface area contributed by atoms with Crippen LogP contribution in [-0.4, -0.2) is 10.9 Å². The molecule has 1 aromatic heterocycles. The van der Waals surface area contributed by atoms with Crippen molar-refractivity contribution in [3.8, 4) is 11.5 Å². The summed E-state index contributed by atoms with van der Waals surface area (Å²) in [5.41, 5.74) is 3.31. The fourth-order valence-corrected chi connectivity index (χ4v) is 2.65. The zero-order valence-corrected chi connectivity index (χ0v) is 14.2. The van der Waals surface area contributed by atoms with Crippen LogP contribution in [0, 0.1) is 5.82 Å². The van der Waals surface area contributed by atoms with Crippen molar-refractivity contribution >= 4 is 28.8 Å². The van der Waals surface area contributed by atoms with E-state index >= 15 is 0 Å². The average molecular weight is 358 g/mol. The molecule has 4 aromatic rings. The van der Waals surface area contributed by atoms with Gasteiger partial charge in [0, 0.05) is 22.9 Å². The predicted octanol–water partition coefficient (Wildman–Crippen LogP) is 5.29. The largest absolute Gasteiger partial charge is 0.436 e. The van der Waals surface area contributed by atoms with Gasteiger partial charge in [-0.1, -0.05) is 30.3 Å². The Morgan fingerprint density at radius 2 is 1.70 bits per heavy atom. The van der Waals surface area contributed by atoms with Crippen LogP contribution in [0.5, 0.6) is 0 Å². The number of rotatable bonds is 4. The van der Waals surface area contributed by atoms with Crippen LogP contribution in [0.4, 0.5) is 10.1 Å². The molecular weight excluding hydrogens is 343 g/mol. The van der Waals surface area contributed by atoms with E-state index in [1.165, 1.54) is 18.2 Å². The molecule has 0 radical (unpaired) electrons. The molecule has 132 valence electrons. The van der Waals surface area contributed by atoms with Gasteiger partial charge in [-0.15, -0.1) is 0 Å². The Morgan fingerprint density at radius 1 is 0.963 bits per heavy atom. The molecule has 0 spiro atoms. The predicted molar refractivity (Wildman–Crippen MR) is 104 cm³/mol. The van der Waals surface area contributed by atoms with Crippen LogP contribution in [0.3, 0.4) is 0 Å². The first-order valence-electron chi connectivity index (χ1n) is 8.39. The highest BCUT2D eigenvalue weighted by Gasteiger charge is 2.08. The maximum absolute atomic E-state index is 13.6. The Kier molecular flexibility index (Phi) is 4.49. The van der Waals surface area contributed by atoms with Crippen molar-refractivity contribution in [1.82, 2.24) is 4.98 Å². The van der Waals surface area contributed by atoms with Gasteiger partial charge < -0.3 is 9.73 Å². The second kappa shape index (κ2) is 7.25. The number of carbonyl (C=O) groups excluding carboxylic acids is 1. The van der Waals surface area contributed by atoms with Gasteiger partial charge in [0.25, 0.3) is 0 Å². The van der Waals surface area contributed by atoms with Gasteiger partial charge in [0.15, 0.2) is 5.58 Å². The van der Waals surface area contributed by atoms with E-state index < -0.39 is 0 Å². The van der Waals surface area contributed by atoms with Crippen molar-refractivity contribution in [2.75, 3.05) is 5.32 Å². The van der Waals surface area contributed by atoms with Crippen molar-refractivity contribution < 1.29 is 13.6 Å². The van der Waals surface area contributed by atoms with Crippen LogP contribution in [0.1, 0.15) is 5.56 Å². The summed E-state index contributed by atoms with van der Waals surface area (Å²) in [6, 6.07) is 21.0. The quantitative estimate of drug-likeness (QED) is 0.505. The maximum Gasteiger partial charge on any atom is 0.248 e. The van der Waals surface area contributed by atoms with Gasteiger partial charge in [-0.05, 0) is 48.5 Å². The lowest BCUT2D eigenvalue weighted by atomic mass is 10.2. The molecule has 27 heavy (non-hydrogen) atoms. The lowest BCUT2D eigenvalue weighted by Gasteiger charge is -2.03. The highest BCUT2D eigenvalue weighted by atomic mass is 19.1. The number of amides is 1. The summed E-state index contributed by atoms with van der Waals surface area (Å²) in [4.78, 5) is 16.5. The minimum absolute atomic E-state index is 0.340. The number of nitrogens with one attached hydrogen (secondary N) is 1. The smallest absolute Gasteiger partial charge is 0.248 e. The van der Waals surface area contributed by atoms with E-state index in [0.29, 0.717) is 17.1 Å². The Hall–Kier alpha value is -3.73. The second-order valence-electron chi connectivity index (χ2n) is 5.91. The standard InChI is InChI=1S/C22H15FN2O2/c23-18-6-2-1-5-15(18)11-14-21(26)24-17-12-9-16(10-13-17)22-25-19-7-3-4-8-20(19)27-22/h1-14H,(H,24,26)/b14-11+. The number of carbonyl (C=O) groups is 1. The molecule has 0 atom stereocenters. The molecule has 4 nitrogen and oxygen atoms in total. The molecule has 0 unspecified atom stereocenters. The summed E-state index contributed by atoms with van der Waals surface area (Å²) in [6.45, 7) is 0. The Labute approximate surface area is 155 Å². The van der Waals surface area contributed by atoms with Crippen molar-refractivity contribution in [3.63, 3.8) is 0 Å². The van der Waals surface area contributed by atoms with Crippen LogP contribution >= 0.6 is 0 Å². The highest BCUT2D eigenvalue weighted by Crippen LogP contribution is 2.25. The topological polar surface area (TPSA) is 55.1 Å². The molecule has 0 saturated carbocycles. The van der Waals surface area contributed by atoms with Crippen molar-refractivity contribution in [3.05, 3.63) is 90.3 Å². The third-order valence-electron chi connectivity index (χ3n) is 4.01. The molecule has 0 saturated heterocycles. The number of aromatic nitrogens is 1. The van der Waals surface area contributed by atoms with Crippen molar-refractivity contribution in [2.24, 2.45) is 0 Å². The number of benzene rings is 3. The fraction of sp³-hybridized carbons (Fsp3) is 0. The molecule has 0 aliphatic carbocycles. The first kappa shape index (κ1) is 16.7. The Bertz CT molecular complexity index is 1100. The van der Waals surface area contributed by atoms with Gasteiger partial charge in [0.2, 0.25) is 11.8 Å². The number of oxazole rings is 1. The zero-order chi connectivity index (χ0) is 18.6. The number of hydrogen-bond donors (Lipinski definition) is 1. The van der Waals surface area contributed by atoms with Gasteiger partial charge in [0.1, 0.15) is 11.3 Å². The first-order valence-corrected chi connectivity index (χ1v) is 8.39. The van der Waals surface area contributed by atoms with Crippen LogP contribution in [0.2, 0.25) is 0 Å². The molecule has 5 heteroatoms. The summed E-state index contributed by atoms with van der Waals surface area (Å²) in [6.07, 6.45) is 2.74. The molecule has 0 fully saturated rings. The summed E-state index contributed by atoms with van der Waals surface area (Å²) in [7, 11) is 0. The van der Waals surface area contributed by atoms with Gasteiger partial charge in [-0.3, -0.25) is 4.79 Å². The first-order chi connectivity index (χ1) is 13.2. The van der Waals surface area contributed by atoms with Gasteiger partial charge >= 0.3 is 0 Å². The van der Waals surface area contributed by atoms with Crippen molar-refractivity contribution in [1.29, 1.82) is 0 Å². The van der Waals surface area contributed by atoms with Gasteiger partial charge in [0.05, 0.1) is 0 Å². The zero-order valence-electron chi connectivity index (χ0n) is 14.2. The summed E-state index contributed by atoms with van der Waals surface area (Å²) < 4.78 is 19.3. The fourth-order valence-electron chi connectivity index (χ4n) is 2.65. The molecule has 1 amide bonds. The molecule has 1 N–H and O–H groups in total. The Morgan fingerprint density at radius 3 is 2.48 bits per heavy atom. The number of hydrogen-bond acceptors (Lipinski definition) is 3. The molecule has 0 aliphatic rings. The lowest BCUT2D eigenvalue weighted by Crippen LogP contribution is -2.07. The third kappa shape index (κ3) is 3.77. The van der Waals surface area contributed by atoms with Gasteiger partial charge in [-0.25, -0.2) is 9.37 Å². The van der Waals surface area contributed by atoms with Gasteiger partial charge in [-0.2, -0.15) is 0 Å². The van der Waals surface area contributed by atoms with E-state index in [2.05, 4.69) is 10.3 Å². The Balaban J connectivity index is 1.46. The van der Waals surface area contributed by atoms with Crippen LogP contribution in [0.15, 0.2) is 83.3 Å². The maximum atomic E-state index is 13.6. The monoisotopic (exact) mass is 358 g/mol. The minimum Gasteiger partial charge on any atom is -0.436 e. The number of para-hydroxylation sites is 2. The molecule has 4 rings (SSSR count). The lowest BCUT2D eigenvalue weighted by molar-refractivity contribution is -0.111. The normalized spacial score (nSPS) is 11.1. The summed E-state index contributed by atoms with van der Waals surface area (Å²) >= 11 is 0. The van der Waals surface area contributed by atoms with E-state index in [9.17, 15) is 9.18 Å². The average Bonchev–Trinajstić information content (AvgIpc) is 3.12. The second-order valence-corrected chi connectivity index (χ2v) is 5.91. The number of halogens is 1. The van der Waals surface area contributed by atoms with E-state index in [1.807, 2.05) is 36.4 Å². The number of anilines is 1. The molecule has 0 aliphatic heterocycles. The number of nitrogens with zero attached hydrogens (tertiary/aromatic N) is 1. The van der Waals surface area contributed by atoms with E-state index in [4.69, 9.17) is 4.42 Å². The molecule has 0 bridgehead atoms. The van der Waals surface area contributed by atoms with Crippen LogP contribution in [-0.2, 0) is 4.79 Å². The minimum atomic E-state index is -0.371. The SMILES string of the molecule is O=C(/C=C/c1ccccc1F)Nc1ccc(-c2nc3ccccc3o2)cc1. The van der Waals surface area contributed by atoms with E-state index in [-0.39, 0.29) is 11.7 Å². The molecule has 3 aromatic carbocycles. The summed E-state index contributed by atoms with van der Waals surface area (Å²) in [5, 5.41) is 2.74. The van der Waals surface area contributed by atoms with E-state index in [0.717, 1.165) is 16.7 Å². The number of fused-ring (bicyclic) bond motifs is 1. The van der Waals surface area contributed by atoms with Crippen LogP contribution < -0.4 is 5.32 Å². The van der Waals surface area contributed by atoms with E-state index in [1.54, 1.807) is 30.3 Å². The third-order valence-corrected chi connectivity index (χ3v) is 4.01. The highest BCUT2D eigenvalue weighted by molar-refractivity contribution is 6.02. The van der Waals surface area contributed by atoms with Crippen molar-refractivity contribution in [2.45, 2.75) is 0 Å². The van der Waals surface area contributed by atoms with Crippen LogP contribution in [0.25, 0.3) is 28.6 Å². The summed E-state index contributed by atoms with van der Waals surface area (Å²) in [5.74, 6) is -0.189. The molecular formula is C22H15FN2O2.